The predicted molar refractivity (Wildman–Crippen MR) is 75.0 cm³/mol. The molecule has 1 unspecified atom stereocenters. The molecule has 1 N–H and O–H groups in total. The molecule has 0 radical (unpaired) electrons. The quantitative estimate of drug-likeness (QED) is 0.934. The maximum absolute atomic E-state index is 11.3. The van der Waals surface area contributed by atoms with Gasteiger partial charge in [0.2, 0.25) is 0 Å². The third-order valence-electron chi connectivity index (χ3n) is 3.86. The van der Waals surface area contributed by atoms with E-state index in [0.717, 1.165) is 37.3 Å². The smallest absolute Gasteiger partial charge is 0.337 e. The SMILES string of the molecule is Cc1nc2c(C(=O)O)cccc2n1CC1CCCCO1. The van der Waals surface area contributed by atoms with Crippen LogP contribution in [0.5, 0.6) is 0 Å². The Hall–Kier alpha value is -1.88. The number of hydrogen-bond acceptors (Lipinski definition) is 3. The largest absolute Gasteiger partial charge is 0.478 e. The Kier molecular flexibility index (Phi) is 3.44. The maximum atomic E-state index is 11.3. The number of carbonyl (C=O) groups is 1. The van der Waals surface area contributed by atoms with Crippen LogP contribution in [-0.4, -0.2) is 33.3 Å². The van der Waals surface area contributed by atoms with E-state index in [2.05, 4.69) is 9.55 Å². The van der Waals surface area contributed by atoms with Gasteiger partial charge in [0.05, 0.1) is 23.7 Å². The minimum atomic E-state index is -0.936. The molecule has 1 aliphatic heterocycles. The molecule has 2 aromatic rings. The molecule has 1 fully saturated rings. The zero-order chi connectivity index (χ0) is 14.1. The van der Waals surface area contributed by atoms with Gasteiger partial charge in [-0.1, -0.05) is 6.07 Å². The van der Waals surface area contributed by atoms with Crippen LogP contribution in [0.1, 0.15) is 35.4 Å². The van der Waals surface area contributed by atoms with Crippen molar-refractivity contribution in [2.75, 3.05) is 6.61 Å². The molecule has 2 heterocycles. The second-order valence-electron chi connectivity index (χ2n) is 5.24. The lowest BCUT2D eigenvalue weighted by Crippen LogP contribution is -2.24. The highest BCUT2D eigenvalue weighted by Gasteiger charge is 2.19. The van der Waals surface area contributed by atoms with Gasteiger partial charge in [0, 0.05) is 6.61 Å². The van der Waals surface area contributed by atoms with Gasteiger partial charge in [-0.2, -0.15) is 0 Å². The summed E-state index contributed by atoms with van der Waals surface area (Å²) in [5.41, 5.74) is 1.69. The Morgan fingerprint density at radius 1 is 1.50 bits per heavy atom. The number of aromatic carboxylic acids is 1. The van der Waals surface area contributed by atoms with Crippen LogP contribution < -0.4 is 0 Å². The van der Waals surface area contributed by atoms with Gasteiger partial charge in [-0.15, -0.1) is 0 Å². The monoisotopic (exact) mass is 274 g/mol. The summed E-state index contributed by atoms with van der Waals surface area (Å²) in [5, 5.41) is 9.23. The summed E-state index contributed by atoms with van der Waals surface area (Å²) in [4.78, 5) is 15.7. The van der Waals surface area contributed by atoms with Gasteiger partial charge in [-0.3, -0.25) is 0 Å². The Morgan fingerprint density at radius 2 is 2.35 bits per heavy atom. The van der Waals surface area contributed by atoms with Gasteiger partial charge in [-0.05, 0) is 38.3 Å². The van der Waals surface area contributed by atoms with Crippen LogP contribution in [0.3, 0.4) is 0 Å². The van der Waals surface area contributed by atoms with Crippen LogP contribution in [-0.2, 0) is 11.3 Å². The van der Waals surface area contributed by atoms with E-state index in [0.29, 0.717) is 5.52 Å². The lowest BCUT2D eigenvalue weighted by Gasteiger charge is -2.23. The molecular formula is C15H18N2O3. The molecular weight excluding hydrogens is 256 g/mol. The first-order valence-electron chi connectivity index (χ1n) is 6.97. The van der Waals surface area contributed by atoms with Gasteiger partial charge in [0.25, 0.3) is 0 Å². The summed E-state index contributed by atoms with van der Waals surface area (Å²) in [7, 11) is 0. The van der Waals surface area contributed by atoms with E-state index in [9.17, 15) is 9.90 Å². The summed E-state index contributed by atoms with van der Waals surface area (Å²) >= 11 is 0. The number of aromatic nitrogens is 2. The molecule has 0 aliphatic carbocycles. The van der Waals surface area contributed by atoms with Crippen LogP contribution in [0.15, 0.2) is 18.2 Å². The topological polar surface area (TPSA) is 64.3 Å². The van der Waals surface area contributed by atoms with Crippen LogP contribution in [0.25, 0.3) is 11.0 Å². The first kappa shape index (κ1) is 13.1. The van der Waals surface area contributed by atoms with Crippen LogP contribution in [0, 0.1) is 6.92 Å². The number of ether oxygens (including phenoxy) is 1. The summed E-state index contributed by atoms with van der Waals surface area (Å²) < 4.78 is 7.84. The van der Waals surface area contributed by atoms with Crippen molar-refractivity contribution in [3.05, 3.63) is 29.6 Å². The lowest BCUT2D eigenvalue weighted by atomic mass is 10.1. The minimum absolute atomic E-state index is 0.202. The molecule has 0 bridgehead atoms. The molecule has 0 saturated carbocycles. The van der Waals surface area contributed by atoms with Crippen molar-refractivity contribution in [3.8, 4) is 0 Å². The second kappa shape index (κ2) is 5.25. The highest BCUT2D eigenvalue weighted by atomic mass is 16.5. The van der Waals surface area contributed by atoms with Crippen LogP contribution >= 0.6 is 0 Å². The third kappa shape index (κ3) is 2.29. The van der Waals surface area contributed by atoms with E-state index in [1.165, 1.54) is 6.42 Å². The predicted octanol–water partition coefficient (Wildman–Crippen LogP) is 2.61. The zero-order valence-corrected chi connectivity index (χ0v) is 11.5. The van der Waals surface area contributed by atoms with Crippen molar-refractivity contribution in [1.29, 1.82) is 0 Å². The van der Waals surface area contributed by atoms with E-state index in [1.807, 2.05) is 13.0 Å². The normalized spacial score (nSPS) is 19.4. The van der Waals surface area contributed by atoms with Crippen LogP contribution in [0.2, 0.25) is 0 Å². The number of aryl methyl sites for hydroxylation is 1. The molecule has 0 amide bonds. The lowest BCUT2D eigenvalue weighted by molar-refractivity contribution is 0.00631. The Balaban J connectivity index is 2.00. The minimum Gasteiger partial charge on any atom is -0.478 e. The molecule has 106 valence electrons. The number of para-hydroxylation sites is 1. The molecule has 0 spiro atoms. The number of nitrogens with zero attached hydrogens (tertiary/aromatic N) is 2. The van der Waals surface area contributed by atoms with Crippen molar-refractivity contribution in [2.24, 2.45) is 0 Å². The molecule has 1 aromatic carbocycles. The second-order valence-corrected chi connectivity index (χ2v) is 5.24. The van der Waals surface area contributed by atoms with Crippen molar-refractivity contribution in [2.45, 2.75) is 38.8 Å². The molecule has 20 heavy (non-hydrogen) atoms. The number of carboxylic acids is 1. The fourth-order valence-corrected chi connectivity index (χ4v) is 2.82. The van der Waals surface area contributed by atoms with E-state index in [4.69, 9.17) is 4.74 Å². The molecule has 1 saturated heterocycles. The summed E-state index contributed by atoms with van der Waals surface area (Å²) in [6.45, 7) is 3.47. The van der Waals surface area contributed by atoms with Crippen molar-refractivity contribution in [3.63, 3.8) is 0 Å². The van der Waals surface area contributed by atoms with E-state index >= 15 is 0 Å². The van der Waals surface area contributed by atoms with Crippen molar-refractivity contribution in [1.82, 2.24) is 9.55 Å². The highest BCUT2D eigenvalue weighted by Crippen LogP contribution is 2.23. The van der Waals surface area contributed by atoms with Gasteiger partial charge >= 0.3 is 5.97 Å². The van der Waals surface area contributed by atoms with E-state index in [-0.39, 0.29) is 11.7 Å². The Labute approximate surface area is 117 Å². The average Bonchev–Trinajstić information content (AvgIpc) is 2.76. The number of imidazole rings is 1. The van der Waals surface area contributed by atoms with Gasteiger partial charge in [-0.25, -0.2) is 9.78 Å². The molecule has 1 aromatic heterocycles. The van der Waals surface area contributed by atoms with E-state index < -0.39 is 5.97 Å². The van der Waals surface area contributed by atoms with Gasteiger partial charge in [0.15, 0.2) is 0 Å². The number of carboxylic acid groups (broad SMARTS) is 1. The summed E-state index contributed by atoms with van der Waals surface area (Å²) in [6, 6.07) is 5.29. The Bertz CT molecular complexity index is 642. The first-order valence-corrected chi connectivity index (χ1v) is 6.97. The number of hydrogen-bond donors (Lipinski definition) is 1. The van der Waals surface area contributed by atoms with Gasteiger partial charge < -0.3 is 14.4 Å². The fourth-order valence-electron chi connectivity index (χ4n) is 2.82. The average molecular weight is 274 g/mol. The zero-order valence-electron chi connectivity index (χ0n) is 11.5. The summed E-state index contributed by atoms with van der Waals surface area (Å²) in [6.07, 6.45) is 3.57. The standard InChI is InChI=1S/C15H18N2O3/c1-10-16-14-12(15(18)19)6-4-7-13(14)17(10)9-11-5-2-3-8-20-11/h4,6-7,11H,2-3,5,8-9H2,1H3,(H,18,19). The number of rotatable bonds is 3. The maximum Gasteiger partial charge on any atom is 0.337 e. The number of benzene rings is 1. The molecule has 5 nitrogen and oxygen atoms in total. The van der Waals surface area contributed by atoms with Crippen molar-refractivity contribution >= 4 is 17.0 Å². The summed E-state index contributed by atoms with van der Waals surface area (Å²) in [5.74, 6) is -0.1000. The first-order chi connectivity index (χ1) is 9.66. The molecule has 1 aliphatic rings. The fraction of sp³-hybridized carbons (Fsp3) is 0.467. The third-order valence-corrected chi connectivity index (χ3v) is 3.86. The molecule has 3 rings (SSSR count). The Morgan fingerprint density at radius 3 is 3.05 bits per heavy atom. The molecule has 1 atom stereocenters. The number of fused-ring (bicyclic) bond motifs is 1. The van der Waals surface area contributed by atoms with Gasteiger partial charge in [0.1, 0.15) is 11.3 Å². The van der Waals surface area contributed by atoms with Crippen molar-refractivity contribution < 1.29 is 14.6 Å². The van der Waals surface area contributed by atoms with Crippen LogP contribution in [0.4, 0.5) is 0 Å². The molecule has 5 heteroatoms. The highest BCUT2D eigenvalue weighted by molar-refractivity contribution is 6.01. The van der Waals surface area contributed by atoms with E-state index in [1.54, 1.807) is 12.1 Å².